The third kappa shape index (κ3) is 1.82. The van der Waals surface area contributed by atoms with Gasteiger partial charge in [-0.1, -0.05) is 0 Å². The molecule has 9 nitrogen and oxygen atoms in total. The first-order chi connectivity index (χ1) is 9.11. The standard InChI is InChI=1S/C10H13N5O4/c1-5-3-14(8-2-6(17)7(4-16)19-8)10(18)15-9(5)11-12-13-15/h3,6-8,16-17H,2,4H2,1H3/t6-,7+,8+/m0/s1. The van der Waals surface area contributed by atoms with Crippen LogP contribution in [0.15, 0.2) is 11.0 Å². The number of aliphatic hydroxyl groups excluding tert-OH is 2. The molecule has 0 aliphatic carbocycles. The van der Waals surface area contributed by atoms with E-state index in [0.29, 0.717) is 5.65 Å². The lowest BCUT2D eigenvalue weighted by molar-refractivity contribution is -0.0461. The van der Waals surface area contributed by atoms with Gasteiger partial charge in [0.2, 0.25) is 0 Å². The number of aromatic nitrogens is 5. The molecular weight excluding hydrogens is 254 g/mol. The minimum atomic E-state index is -0.799. The Hall–Kier alpha value is -1.84. The summed E-state index contributed by atoms with van der Waals surface area (Å²) < 4.78 is 7.86. The molecule has 102 valence electrons. The molecule has 1 saturated heterocycles. The maximum absolute atomic E-state index is 12.2. The van der Waals surface area contributed by atoms with Gasteiger partial charge in [-0.2, -0.15) is 0 Å². The van der Waals surface area contributed by atoms with Crippen molar-refractivity contribution in [2.75, 3.05) is 6.61 Å². The Labute approximate surface area is 107 Å². The number of tetrazole rings is 1. The number of ether oxygens (including phenoxy) is 1. The van der Waals surface area contributed by atoms with Gasteiger partial charge in [0.25, 0.3) is 0 Å². The maximum atomic E-state index is 12.2. The van der Waals surface area contributed by atoms with E-state index in [1.54, 1.807) is 13.1 Å². The topological polar surface area (TPSA) is 115 Å². The van der Waals surface area contributed by atoms with E-state index >= 15 is 0 Å². The smallest absolute Gasteiger partial charge is 0.354 e. The quantitative estimate of drug-likeness (QED) is 0.662. The van der Waals surface area contributed by atoms with Gasteiger partial charge in [-0.05, 0) is 17.4 Å². The van der Waals surface area contributed by atoms with Gasteiger partial charge in [0, 0.05) is 18.2 Å². The molecular formula is C10H13N5O4. The molecule has 3 heterocycles. The third-order valence-corrected chi connectivity index (χ3v) is 3.25. The molecule has 2 aromatic heterocycles. The van der Waals surface area contributed by atoms with Crippen LogP contribution in [0.25, 0.3) is 5.65 Å². The highest BCUT2D eigenvalue weighted by Gasteiger charge is 2.35. The fourth-order valence-corrected chi connectivity index (χ4v) is 2.25. The molecule has 1 fully saturated rings. The first-order valence-corrected chi connectivity index (χ1v) is 5.86. The highest BCUT2D eigenvalue weighted by molar-refractivity contribution is 5.42. The normalized spacial score (nSPS) is 27.2. The van der Waals surface area contributed by atoms with Crippen LogP contribution in [0.2, 0.25) is 0 Å². The third-order valence-electron chi connectivity index (χ3n) is 3.25. The van der Waals surface area contributed by atoms with Crippen LogP contribution in [0.4, 0.5) is 0 Å². The second-order valence-electron chi connectivity index (χ2n) is 4.53. The first kappa shape index (κ1) is 12.2. The fourth-order valence-electron chi connectivity index (χ4n) is 2.25. The van der Waals surface area contributed by atoms with Gasteiger partial charge in [0.1, 0.15) is 12.3 Å². The van der Waals surface area contributed by atoms with Crippen LogP contribution in [-0.2, 0) is 4.74 Å². The van der Waals surface area contributed by atoms with E-state index in [1.807, 2.05) is 0 Å². The van der Waals surface area contributed by atoms with Gasteiger partial charge in [-0.25, -0.2) is 4.79 Å². The van der Waals surface area contributed by atoms with Crippen molar-refractivity contribution in [2.45, 2.75) is 31.8 Å². The Morgan fingerprint density at radius 3 is 3.05 bits per heavy atom. The van der Waals surface area contributed by atoms with Gasteiger partial charge < -0.3 is 14.9 Å². The summed E-state index contributed by atoms with van der Waals surface area (Å²) in [6.45, 7) is 1.48. The average Bonchev–Trinajstić information content (AvgIpc) is 3.00. The van der Waals surface area contributed by atoms with E-state index in [9.17, 15) is 9.90 Å². The van der Waals surface area contributed by atoms with E-state index < -0.39 is 24.1 Å². The molecule has 19 heavy (non-hydrogen) atoms. The van der Waals surface area contributed by atoms with Crippen LogP contribution in [0, 0.1) is 6.92 Å². The fraction of sp³-hybridized carbons (Fsp3) is 0.600. The molecule has 0 radical (unpaired) electrons. The number of hydrogen-bond acceptors (Lipinski definition) is 7. The van der Waals surface area contributed by atoms with Crippen LogP contribution in [0.5, 0.6) is 0 Å². The minimum absolute atomic E-state index is 0.234. The highest BCUT2D eigenvalue weighted by Crippen LogP contribution is 2.27. The van der Waals surface area contributed by atoms with Gasteiger partial charge in [-0.15, -0.1) is 9.61 Å². The number of aryl methyl sites for hydroxylation is 1. The summed E-state index contributed by atoms with van der Waals surface area (Å²) in [6.07, 6.45) is -0.288. The maximum Gasteiger partial charge on any atom is 0.354 e. The Morgan fingerprint density at radius 1 is 1.58 bits per heavy atom. The summed E-state index contributed by atoms with van der Waals surface area (Å²) in [5.74, 6) is 0. The predicted molar refractivity (Wildman–Crippen MR) is 61.4 cm³/mol. The molecule has 2 aromatic rings. The van der Waals surface area contributed by atoms with Crippen molar-refractivity contribution >= 4 is 5.65 Å². The zero-order chi connectivity index (χ0) is 13.6. The van der Waals surface area contributed by atoms with Crippen LogP contribution >= 0.6 is 0 Å². The highest BCUT2D eigenvalue weighted by atomic mass is 16.5. The number of aliphatic hydroxyl groups is 2. The predicted octanol–water partition coefficient (Wildman–Crippen LogP) is -1.76. The van der Waals surface area contributed by atoms with Crippen LogP contribution in [0.1, 0.15) is 18.2 Å². The number of rotatable bonds is 2. The molecule has 3 rings (SSSR count). The van der Waals surface area contributed by atoms with E-state index in [4.69, 9.17) is 9.84 Å². The summed E-state index contributed by atoms with van der Waals surface area (Å²) >= 11 is 0. The van der Waals surface area contributed by atoms with Gasteiger partial charge in [0.15, 0.2) is 5.65 Å². The van der Waals surface area contributed by atoms with Crippen molar-refractivity contribution in [3.05, 3.63) is 22.2 Å². The van der Waals surface area contributed by atoms with Crippen molar-refractivity contribution < 1.29 is 14.9 Å². The molecule has 0 aromatic carbocycles. The van der Waals surface area contributed by atoms with Gasteiger partial charge >= 0.3 is 5.69 Å². The van der Waals surface area contributed by atoms with E-state index in [0.717, 1.165) is 10.1 Å². The molecule has 0 saturated carbocycles. The Morgan fingerprint density at radius 2 is 2.37 bits per heavy atom. The molecule has 1 aliphatic rings. The zero-order valence-corrected chi connectivity index (χ0v) is 10.2. The van der Waals surface area contributed by atoms with Crippen molar-refractivity contribution in [2.24, 2.45) is 0 Å². The lowest BCUT2D eigenvalue weighted by Gasteiger charge is -2.15. The molecule has 0 spiro atoms. The van der Waals surface area contributed by atoms with Crippen molar-refractivity contribution in [1.29, 1.82) is 0 Å². The van der Waals surface area contributed by atoms with Crippen LogP contribution in [-0.4, -0.2) is 53.6 Å². The van der Waals surface area contributed by atoms with E-state index in [1.165, 1.54) is 4.57 Å². The second kappa shape index (κ2) is 4.37. The number of nitrogens with zero attached hydrogens (tertiary/aromatic N) is 5. The Balaban J connectivity index is 2.07. The second-order valence-corrected chi connectivity index (χ2v) is 4.53. The zero-order valence-electron chi connectivity index (χ0n) is 10.2. The number of fused-ring (bicyclic) bond motifs is 1. The monoisotopic (exact) mass is 267 g/mol. The minimum Gasteiger partial charge on any atom is -0.394 e. The Kier molecular flexibility index (Phi) is 2.81. The lowest BCUT2D eigenvalue weighted by atomic mass is 10.2. The summed E-state index contributed by atoms with van der Waals surface area (Å²) in [4.78, 5) is 12.2. The Bertz CT molecular complexity index is 665. The number of hydrogen-bond donors (Lipinski definition) is 2. The lowest BCUT2D eigenvalue weighted by Crippen LogP contribution is -2.31. The largest absolute Gasteiger partial charge is 0.394 e. The molecule has 0 unspecified atom stereocenters. The summed E-state index contributed by atoms with van der Waals surface area (Å²) in [6, 6.07) is 0. The molecule has 0 amide bonds. The average molecular weight is 267 g/mol. The first-order valence-electron chi connectivity index (χ1n) is 5.86. The van der Waals surface area contributed by atoms with Crippen molar-refractivity contribution in [3.8, 4) is 0 Å². The van der Waals surface area contributed by atoms with Crippen molar-refractivity contribution in [3.63, 3.8) is 0 Å². The molecule has 2 N–H and O–H groups in total. The summed E-state index contributed by atoms with van der Waals surface area (Å²) in [7, 11) is 0. The van der Waals surface area contributed by atoms with E-state index in [-0.39, 0.29) is 13.0 Å². The van der Waals surface area contributed by atoms with E-state index in [2.05, 4.69) is 15.5 Å². The van der Waals surface area contributed by atoms with Crippen LogP contribution < -0.4 is 5.69 Å². The van der Waals surface area contributed by atoms with Crippen LogP contribution in [0.3, 0.4) is 0 Å². The molecule has 1 aliphatic heterocycles. The van der Waals surface area contributed by atoms with Gasteiger partial charge in [0.05, 0.1) is 12.7 Å². The SMILES string of the molecule is Cc1cn([C@H]2C[C@H](O)[C@@H](CO)O2)c(=O)n2nnnc12. The summed E-state index contributed by atoms with van der Waals surface area (Å²) in [5, 5.41) is 29.6. The summed E-state index contributed by atoms with van der Waals surface area (Å²) in [5.41, 5.74) is 0.662. The molecule has 0 bridgehead atoms. The van der Waals surface area contributed by atoms with Gasteiger partial charge in [-0.3, -0.25) is 4.57 Å². The molecule has 3 atom stereocenters. The van der Waals surface area contributed by atoms with Crippen molar-refractivity contribution in [1.82, 2.24) is 24.6 Å². The molecule has 9 heteroatoms.